The molecule has 1 aromatic heterocycles. The highest BCUT2D eigenvalue weighted by molar-refractivity contribution is 6.35. The van der Waals surface area contributed by atoms with Gasteiger partial charge in [0, 0.05) is 36.8 Å². The summed E-state index contributed by atoms with van der Waals surface area (Å²) in [5.74, 6) is 0.438. The van der Waals surface area contributed by atoms with Crippen LogP contribution in [0.3, 0.4) is 0 Å². The number of nitrogens with zero attached hydrogens (tertiary/aromatic N) is 2. The third-order valence-corrected chi connectivity index (χ3v) is 3.91. The van der Waals surface area contributed by atoms with Crippen LogP contribution >= 0.6 is 23.2 Å². The monoisotopic (exact) mass is 327 g/mol. The third-order valence-electron chi connectivity index (χ3n) is 3.36. The van der Waals surface area contributed by atoms with Crippen molar-refractivity contribution in [3.63, 3.8) is 0 Å². The SMILES string of the molecule is Cc1cc(Cl)cc(Cl)c1CNc1cc(=O)n(C)c(=O)n1C. The van der Waals surface area contributed by atoms with Crippen LogP contribution in [0, 0.1) is 6.92 Å². The Morgan fingerprint density at radius 2 is 1.76 bits per heavy atom. The summed E-state index contributed by atoms with van der Waals surface area (Å²) in [6.07, 6.45) is 0. The van der Waals surface area contributed by atoms with Gasteiger partial charge in [-0.15, -0.1) is 0 Å². The van der Waals surface area contributed by atoms with E-state index < -0.39 is 0 Å². The molecule has 112 valence electrons. The lowest BCUT2D eigenvalue weighted by Crippen LogP contribution is -2.37. The Bertz CT molecular complexity index is 786. The first-order valence-corrected chi connectivity index (χ1v) is 7.02. The zero-order valence-corrected chi connectivity index (χ0v) is 13.4. The van der Waals surface area contributed by atoms with Crippen molar-refractivity contribution in [3.05, 3.63) is 60.2 Å². The molecule has 7 heteroatoms. The van der Waals surface area contributed by atoms with Crippen LogP contribution in [0.2, 0.25) is 10.0 Å². The van der Waals surface area contributed by atoms with Crippen molar-refractivity contribution in [2.24, 2.45) is 14.1 Å². The van der Waals surface area contributed by atoms with Crippen LogP contribution in [0.25, 0.3) is 0 Å². The van der Waals surface area contributed by atoms with E-state index in [2.05, 4.69) is 5.32 Å². The highest BCUT2D eigenvalue weighted by Crippen LogP contribution is 2.25. The Labute approximate surface area is 131 Å². The highest BCUT2D eigenvalue weighted by atomic mass is 35.5. The predicted molar refractivity (Wildman–Crippen MR) is 85.4 cm³/mol. The van der Waals surface area contributed by atoms with Gasteiger partial charge in [-0.05, 0) is 30.2 Å². The number of aromatic nitrogens is 2. The van der Waals surface area contributed by atoms with E-state index in [-0.39, 0.29) is 11.2 Å². The number of halogens is 2. The maximum Gasteiger partial charge on any atom is 0.332 e. The van der Waals surface area contributed by atoms with Gasteiger partial charge < -0.3 is 5.32 Å². The molecule has 0 amide bonds. The lowest BCUT2D eigenvalue weighted by molar-refractivity contribution is 0.688. The van der Waals surface area contributed by atoms with Gasteiger partial charge in [0.15, 0.2) is 0 Å². The molecule has 1 aromatic carbocycles. The second kappa shape index (κ2) is 5.95. The summed E-state index contributed by atoms with van der Waals surface area (Å²) in [7, 11) is 3.04. The molecule has 0 aliphatic carbocycles. The first-order valence-electron chi connectivity index (χ1n) is 6.26. The molecule has 0 aliphatic rings. The Kier molecular flexibility index (Phi) is 4.44. The standard InChI is InChI=1S/C14H15Cl2N3O2/c1-8-4-9(15)5-11(16)10(8)7-17-12-6-13(20)19(3)14(21)18(12)2/h4-6,17H,7H2,1-3H3. The summed E-state index contributed by atoms with van der Waals surface area (Å²) < 4.78 is 2.42. The maximum atomic E-state index is 11.8. The molecular formula is C14H15Cl2N3O2. The van der Waals surface area contributed by atoms with Gasteiger partial charge in [0.2, 0.25) is 0 Å². The number of rotatable bonds is 3. The largest absolute Gasteiger partial charge is 0.367 e. The Morgan fingerprint density at radius 1 is 1.10 bits per heavy atom. The Balaban J connectivity index is 2.34. The zero-order valence-electron chi connectivity index (χ0n) is 11.9. The molecule has 2 aromatic rings. The van der Waals surface area contributed by atoms with Crippen molar-refractivity contribution in [1.29, 1.82) is 0 Å². The quantitative estimate of drug-likeness (QED) is 0.941. The lowest BCUT2D eigenvalue weighted by Gasteiger charge is -2.14. The van der Waals surface area contributed by atoms with Gasteiger partial charge in [-0.2, -0.15) is 0 Å². The van der Waals surface area contributed by atoms with Crippen molar-refractivity contribution in [1.82, 2.24) is 9.13 Å². The van der Waals surface area contributed by atoms with E-state index in [1.807, 2.05) is 13.0 Å². The van der Waals surface area contributed by atoms with Crippen LogP contribution in [-0.2, 0) is 20.6 Å². The van der Waals surface area contributed by atoms with Crippen LogP contribution < -0.4 is 16.6 Å². The van der Waals surface area contributed by atoms with E-state index >= 15 is 0 Å². The fraction of sp³-hybridized carbons (Fsp3) is 0.286. The minimum Gasteiger partial charge on any atom is -0.367 e. The van der Waals surface area contributed by atoms with Crippen molar-refractivity contribution in [3.8, 4) is 0 Å². The van der Waals surface area contributed by atoms with Gasteiger partial charge >= 0.3 is 5.69 Å². The van der Waals surface area contributed by atoms with Gasteiger partial charge in [0.05, 0.1) is 0 Å². The lowest BCUT2D eigenvalue weighted by atomic mass is 10.1. The first kappa shape index (κ1) is 15.7. The van der Waals surface area contributed by atoms with Crippen molar-refractivity contribution >= 4 is 29.0 Å². The summed E-state index contributed by atoms with van der Waals surface area (Å²) in [5.41, 5.74) is 1.06. The van der Waals surface area contributed by atoms with Crippen molar-refractivity contribution < 1.29 is 0 Å². The van der Waals surface area contributed by atoms with E-state index in [4.69, 9.17) is 23.2 Å². The normalized spacial score (nSPS) is 10.7. The molecule has 1 N–H and O–H groups in total. The summed E-state index contributed by atoms with van der Waals surface area (Å²) >= 11 is 12.1. The van der Waals surface area contributed by atoms with Gasteiger partial charge in [-0.25, -0.2) is 4.79 Å². The number of aryl methyl sites for hydroxylation is 1. The number of hydrogen-bond donors (Lipinski definition) is 1. The summed E-state index contributed by atoms with van der Waals surface area (Å²) in [6, 6.07) is 4.85. The minimum absolute atomic E-state index is 0.362. The molecule has 0 spiro atoms. The average Bonchev–Trinajstić information content (AvgIpc) is 2.40. The van der Waals surface area contributed by atoms with Gasteiger partial charge in [0.25, 0.3) is 5.56 Å². The van der Waals surface area contributed by atoms with Gasteiger partial charge in [0.1, 0.15) is 5.82 Å². The second-order valence-electron chi connectivity index (χ2n) is 4.81. The highest BCUT2D eigenvalue weighted by Gasteiger charge is 2.09. The molecule has 0 unspecified atom stereocenters. The number of benzene rings is 1. The van der Waals surface area contributed by atoms with Crippen LogP contribution in [-0.4, -0.2) is 9.13 Å². The van der Waals surface area contributed by atoms with E-state index in [0.29, 0.717) is 22.4 Å². The molecule has 5 nitrogen and oxygen atoms in total. The third kappa shape index (κ3) is 3.14. The van der Waals surface area contributed by atoms with Crippen LogP contribution in [0.5, 0.6) is 0 Å². The predicted octanol–water partition coefficient (Wildman–Crippen LogP) is 2.31. The molecule has 0 saturated carbocycles. The topological polar surface area (TPSA) is 56.0 Å². The van der Waals surface area contributed by atoms with Crippen molar-refractivity contribution in [2.45, 2.75) is 13.5 Å². The smallest absolute Gasteiger partial charge is 0.332 e. The fourth-order valence-corrected chi connectivity index (χ4v) is 2.70. The van der Waals surface area contributed by atoms with E-state index in [9.17, 15) is 9.59 Å². The molecule has 0 radical (unpaired) electrons. The van der Waals surface area contributed by atoms with Crippen LogP contribution in [0.15, 0.2) is 27.8 Å². The molecule has 0 aliphatic heterocycles. The number of hydrogen-bond acceptors (Lipinski definition) is 3. The van der Waals surface area contributed by atoms with Crippen molar-refractivity contribution in [2.75, 3.05) is 5.32 Å². The summed E-state index contributed by atoms with van der Waals surface area (Å²) in [6.45, 7) is 2.29. The number of anilines is 1. The molecule has 0 fully saturated rings. The van der Waals surface area contributed by atoms with Gasteiger partial charge in [-0.3, -0.25) is 13.9 Å². The molecule has 21 heavy (non-hydrogen) atoms. The second-order valence-corrected chi connectivity index (χ2v) is 5.65. The first-order chi connectivity index (χ1) is 9.81. The van der Waals surface area contributed by atoms with Crippen LogP contribution in [0.1, 0.15) is 11.1 Å². The summed E-state index contributed by atoms with van der Waals surface area (Å²) in [4.78, 5) is 23.5. The van der Waals surface area contributed by atoms with E-state index in [0.717, 1.165) is 15.7 Å². The zero-order chi connectivity index (χ0) is 15.7. The Hall–Kier alpha value is -1.72. The molecule has 1 heterocycles. The fourth-order valence-electron chi connectivity index (χ4n) is 2.04. The Morgan fingerprint density at radius 3 is 2.38 bits per heavy atom. The minimum atomic E-state index is -0.385. The maximum absolute atomic E-state index is 11.8. The molecular weight excluding hydrogens is 313 g/mol. The van der Waals surface area contributed by atoms with E-state index in [1.54, 1.807) is 13.1 Å². The van der Waals surface area contributed by atoms with Crippen LogP contribution in [0.4, 0.5) is 5.82 Å². The summed E-state index contributed by atoms with van der Waals surface area (Å²) in [5, 5.41) is 4.18. The van der Waals surface area contributed by atoms with Gasteiger partial charge in [-0.1, -0.05) is 23.2 Å². The number of nitrogens with one attached hydrogen (secondary N) is 1. The molecule has 0 saturated heterocycles. The molecule has 2 rings (SSSR count). The van der Waals surface area contributed by atoms with E-state index in [1.165, 1.54) is 17.7 Å². The molecule has 0 atom stereocenters. The average molecular weight is 328 g/mol. The molecule has 0 bridgehead atoms.